The Balaban J connectivity index is 2.20. The van der Waals surface area contributed by atoms with Gasteiger partial charge in [-0.1, -0.05) is 29.3 Å². The average Bonchev–Trinajstić information content (AvgIpc) is 2.55. The maximum atomic E-state index is 12.8. The quantitative estimate of drug-likeness (QED) is 0.752. The molecule has 0 unspecified atom stereocenters. The van der Waals surface area contributed by atoms with Crippen LogP contribution in [0.4, 0.5) is 4.79 Å². The van der Waals surface area contributed by atoms with Crippen LogP contribution in [0.3, 0.4) is 0 Å². The number of halogens is 2. The summed E-state index contributed by atoms with van der Waals surface area (Å²) in [4.78, 5) is 25.1. The molecule has 156 valence electrons. The van der Waals surface area contributed by atoms with Gasteiger partial charge in [-0.3, -0.25) is 4.79 Å². The molecule has 1 aromatic carbocycles. The van der Waals surface area contributed by atoms with Crippen molar-refractivity contribution in [2.45, 2.75) is 38.2 Å². The summed E-state index contributed by atoms with van der Waals surface area (Å²) in [5, 5.41) is 10.1. The number of amides is 1. The summed E-state index contributed by atoms with van der Waals surface area (Å²) >= 11 is 11.9. The molecule has 2 rings (SSSR count). The third-order valence-corrected chi connectivity index (χ3v) is 6.39. The number of hydrogen-bond donors (Lipinski definition) is 1. The highest BCUT2D eigenvalue weighted by Crippen LogP contribution is 2.26. The number of aliphatic carboxylic acids is 1. The van der Waals surface area contributed by atoms with Gasteiger partial charge in [-0.25, -0.2) is 13.2 Å². The number of hydrogen-bond acceptors (Lipinski definition) is 5. The van der Waals surface area contributed by atoms with Gasteiger partial charge in [-0.05, 0) is 38.5 Å². The molecule has 0 aliphatic carbocycles. The molecule has 1 saturated heterocycles. The maximum absolute atomic E-state index is 12.8. The number of carbonyl (C=O) groups excluding carboxylic acids is 1. The minimum atomic E-state index is -4.00. The maximum Gasteiger partial charge on any atom is 0.410 e. The molecule has 0 saturated carbocycles. The van der Waals surface area contributed by atoms with Crippen LogP contribution in [0.5, 0.6) is 0 Å². The number of carboxylic acids is 1. The molecule has 1 aliphatic heterocycles. The third kappa shape index (κ3) is 5.73. The lowest BCUT2D eigenvalue weighted by Gasteiger charge is -2.38. The predicted molar refractivity (Wildman–Crippen MR) is 105 cm³/mol. The lowest BCUT2D eigenvalue weighted by atomic mass is 10.2. The van der Waals surface area contributed by atoms with Crippen LogP contribution in [0.1, 0.15) is 26.3 Å². The van der Waals surface area contributed by atoms with Crippen molar-refractivity contribution in [1.82, 2.24) is 9.21 Å². The van der Waals surface area contributed by atoms with Gasteiger partial charge >= 0.3 is 12.1 Å². The molecule has 1 atom stereocenters. The molecule has 1 heterocycles. The summed E-state index contributed by atoms with van der Waals surface area (Å²) in [5.41, 5.74) is -0.436. The van der Waals surface area contributed by atoms with Gasteiger partial charge in [0.25, 0.3) is 0 Å². The second-order valence-electron chi connectivity index (χ2n) is 7.38. The average molecular weight is 453 g/mol. The fraction of sp³-hybridized carbons (Fsp3) is 0.529. The van der Waals surface area contributed by atoms with Crippen LogP contribution in [0, 0.1) is 0 Å². The first-order chi connectivity index (χ1) is 12.8. The standard InChI is InChI=1S/C17H22Cl2N2O6S/c1-17(2,3)27-16(24)20-6-7-21(14(9-20)15(22)23)28(25,26)10-11-4-5-12(18)8-13(11)19/h4-5,8,14H,6-7,9-10H2,1-3H3,(H,22,23)/t14-/m0/s1. The van der Waals surface area contributed by atoms with Crippen LogP contribution < -0.4 is 0 Å². The van der Waals surface area contributed by atoms with E-state index in [0.29, 0.717) is 10.6 Å². The largest absolute Gasteiger partial charge is 0.480 e. The number of piperazine rings is 1. The van der Waals surface area contributed by atoms with Crippen molar-refractivity contribution in [3.8, 4) is 0 Å². The van der Waals surface area contributed by atoms with E-state index >= 15 is 0 Å². The Morgan fingerprint density at radius 1 is 1.25 bits per heavy atom. The Morgan fingerprint density at radius 3 is 2.43 bits per heavy atom. The predicted octanol–water partition coefficient (Wildman–Crippen LogP) is 2.83. The molecule has 8 nitrogen and oxygen atoms in total. The fourth-order valence-corrected chi connectivity index (χ4v) is 4.98. The van der Waals surface area contributed by atoms with Crippen molar-refractivity contribution < 1.29 is 27.9 Å². The minimum absolute atomic E-state index is 0.0201. The fourth-order valence-electron chi connectivity index (χ4n) is 2.71. The summed E-state index contributed by atoms with van der Waals surface area (Å²) < 4.78 is 31.8. The van der Waals surface area contributed by atoms with Crippen molar-refractivity contribution in [2.75, 3.05) is 19.6 Å². The number of carboxylic acid groups (broad SMARTS) is 1. The van der Waals surface area contributed by atoms with E-state index in [1.54, 1.807) is 20.8 Å². The van der Waals surface area contributed by atoms with E-state index in [4.69, 9.17) is 27.9 Å². The molecule has 1 aliphatic rings. The number of sulfonamides is 1. The Kier molecular flexibility index (Phi) is 6.86. The lowest BCUT2D eigenvalue weighted by molar-refractivity contribution is -0.143. The van der Waals surface area contributed by atoms with Gasteiger partial charge < -0.3 is 14.7 Å². The zero-order valence-corrected chi connectivity index (χ0v) is 18.0. The Morgan fingerprint density at radius 2 is 1.89 bits per heavy atom. The Hall–Kier alpha value is -1.55. The first kappa shape index (κ1) is 22.7. The summed E-state index contributed by atoms with van der Waals surface area (Å²) in [6.07, 6.45) is -0.684. The van der Waals surface area contributed by atoms with Gasteiger partial charge in [0.1, 0.15) is 11.6 Å². The third-order valence-electron chi connectivity index (χ3n) is 3.98. The van der Waals surface area contributed by atoms with Crippen molar-refractivity contribution in [3.05, 3.63) is 33.8 Å². The van der Waals surface area contributed by atoms with Gasteiger partial charge in [-0.15, -0.1) is 0 Å². The molecule has 0 radical (unpaired) electrons. The summed E-state index contributed by atoms with van der Waals surface area (Å²) in [6.45, 7) is 4.62. The zero-order valence-electron chi connectivity index (χ0n) is 15.7. The number of ether oxygens (including phenoxy) is 1. The second kappa shape index (κ2) is 8.44. The van der Waals surface area contributed by atoms with Crippen molar-refractivity contribution in [2.24, 2.45) is 0 Å². The Bertz CT molecular complexity index is 869. The number of benzene rings is 1. The van der Waals surface area contributed by atoms with E-state index < -0.39 is 39.5 Å². The van der Waals surface area contributed by atoms with Crippen molar-refractivity contribution in [1.29, 1.82) is 0 Å². The van der Waals surface area contributed by atoms with E-state index in [-0.39, 0.29) is 24.7 Å². The molecule has 1 amide bonds. The van der Waals surface area contributed by atoms with Crippen LogP contribution in [0.15, 0.2) is 18.2 Å². The molecular weight excluding hydrogens is 431 g/mol. The SMILES string of the molecule is CC(C)(C)OC(=O)N1CCN(S(=O)(=O)Cc2ccc(Cl)cc2Cl)[C@H](C(=O)O)C1. The lowest BCUT2D eigenvalue weighted by Crippen LogP contribution is -2.59. The van der Waals surface area contributed by atoms with Gasteiger partial charge in [0, 0.05) is 23.1 Å². The van der Waals surface area contributed by atoms with E-state index in [9.17, 15) is 23.1 Å². The molecule has 0 spiro atoms. The van der Waals surface area contributed by atoms with E-state index in [1.807, 2.05) is 0 Å². The van der Waals surface area contributed by atoms with E-state index in [0.717, 1.165) is 4.31 Å². The van der Waals surface area contributed by atoms with Gasteiger partial charge in [-0.2, -0.15) is 4.31 Å². The number of carbonyl (C=O) groups is 2. The number of rotatable bonds is 4. The molecule has 0 bridgehead atoms. The Labute approximate surface area is 174 Å². The highest BCUT2D eigenvalue weighted by Gasteiger charge is 2.41. The zero-order chi connectivity index (χ0) is 21.3. The topological polar surface area (TPSA) is 104 Å². The molecule has 0 aromatic heterocycles. The van der Waals surface area contributed by atoms with Crippen LogP contribution in [0.2, 0.25) is 10.0 Å². The molecule has 1 N–H and O–H groups in total. The molecule has 11 heteroatoms. The smallest absolute Gasteiger partial charge is 0.410 e. The van der Waals surface area contributed by atoms with Crippen LogP contribution in [0.25, 0.3) is 0 Å². The second-order valence-corrected chi connectivity index (χ2v) is 10.1. The first-order valence-corrected chi connectivity index (χ1v) is 10.8. The van der Waals surface area contributed by atoms with Crippen LogP contribution >= 0.6 is 23.2 Å². The van der Waals surface area contributed by atoms with Crippen LogP contribution in [-0.4, -0.2) is 66.1 Å². The highest BCUT2D eigenvalue weighted by molar-refractivity contribution is 7.88. The van der Waals surface area contributed by atoms with Gasteiger partial charge in [0.15, 0.2) is 0 Å². The molecular formula is C17H22Cl2N2O6S. The minimum Gasteiger partial charge on any atom is -0.480 e. The molecule has 1 fully saturated rings. The molecule has 28 heavy (non-hydrogen) atoms. The van der Waals surface area contributed by atoms with Crippen molar-refractivity contribution >= 4 is 45.3 Å². The van der Waals surface area contributed by atoms with E-state index in [1.165, 1.54) is 23.1 Å². The first-order valence-electron chi connectivity index (χ1n) is 8.44. The summed E-state index contributed by atoms with van der Waals surface area (Å²) in [5.74, 6) is -1.82. The van der Waals surface area contributed by atoms with Crippen molar-refractivity contribution in [3.63, 3.8) is 0 Å². The van der Waals surface area contributed by atoms with Crippen LogP contribution in [-0.2, 0) is 25.3 Å². The monoisotopic (exact) mass is 452 g/mol. The van der Waals surface area contributed by atoms with Gasteiger partial charge in [0.05, 0.1) is 12.3 Å². The normalized spacial score (nSPS) is 18.8. The molecule has 1 aromatic rings. The van der Waals surface area contributed by atoms with Gasteiger partial charge in [0.2, 0.25) is 10.0 Å². The summed E-state index contributed by atoms with van der Waals surface area (Å²) in [6, 6.07) is 2.99. The number of nitrogens with zero attached hydrogens (tertiary/aromatic N) is 2. The highest BCUT2D eigenvalue weighted by atomic mass is 35.5. The van der Waals surface area contributed by atoms with E-state index in [2.05, 4.69) is 0 Å². The summed E-state index contributed by atoms with van der Waals surface area (Å²) in [7, 11) is -4.00.